The zero-order valence-corrected chi connectivity index (χ0v) is 10.4. The normalized spacial score (nSPS) is 10.7. The van der Waals surface area contributed by atoms with Crippen LogP contribution in [-0.4, -0.2) is 21.5 Å². The van der Waals surface area contributed by atoms with Crippen molar-refractivity contribution in [3.05, 3.63) is 48.5 Å². The quantitative estimate of drug-likeness (QED) is 0.623. The maximum absolute atomic E-state index is 5.74. The molecule has 0 aliphatic rings. The van der Waals surface area contributed by atoms with Crippen LogP contribution in [0.5, 0.6) is 0 Å². The minimum absolute atomic E-state index is 0.757. The van der Waals surface area contributed by atoms with E-state index in [9.17, 15) is 0 Å². The number of fused-ring (bicyclic) bond motifs is 1. The number of aromatic nitrogens is 3. The predicted octanol–water partition coefficient (Wildman–Crippen LogP) is 2.19. The second-order valence-corrected chi connectivity index (χ2v) is 4.36. The van der Waals surface area contributed by atoms with Crippen molar-refractivity contribution < 1.29 is 0 Å². The number of H-pyrrole nitrogens is 1. The van der Waals surface area contributed by atoms with Gasteiger partial charge in [-0.25, -0.2) is 9.97 Å². The van der Waals surface area contributed by atoms with Gasteiger partial charge in [0.15, 0.2) is 0 Å². The molecule has 0 saturated carbocycles. The van der Waals surface area contributed by atoms with E-state index in [0.717, 1.165) is 41.2 Å². The first-order valence-electron chi connectivity index (χ1n) is 6.20. The number of hydrogen-bond donors (Lipinski definition) is 3. The second kappa shape index (κ2) is 4.97. The van der Waals surface area contributed by atoms with Crippen LogP contribution >= 0.6 is 0 Å². The van der Waals surface area contributed by atoms with Crippen LogP contribution < -0.4 is 11.1 Å². The van der Waals surface area contributed by atoms with Gasteiger partial charge in [-0.15, -0.1) is 0 Å². The lowest BCUT2D eigenvalue weighted by molar-refractivity contribution is 0.923. The van der Waals surface area contributed by atoms with Gasteiger partial charge in [-0.2, -0.15) is 0 Å². The van der Waals surface area contributed by atoms with E-state index in [0.29, 0.717) is 0 Å². The molecule has 0 saturated heterocycles. The third-order valence-electron chi connectivity index (χ3n) is 2.94. The molecule has 0 atom stereocenters. The molecule has 3 aromatic rings. The number of anilines is 2. The lowest BCUT2D eigenvalue weighted by Crippen LogP contribution is -2.07. The molecule has 2 aromatic heterocycles. The van der Waals surface area contributed by atoms with Crippen LogP contribution in [0.15, 0.2) is 42.7 Å². The second-order valence-electron chi connectivity index (χ2n) is 4.36. The highest BCUT2D eigenvalue weighted by molar-refractivity contribution is 5.83. The highest BCUT2D eigenvalue weighted by atomic mass is 15.0. The van der Waals surface area contributed by atoms with Crippen LogP contribution in [0.1, 0.15) is 5.82 Å². The molecule has 0 amide bonds. The fourth-order valence-corrected chi connectivity index (χ4v) is 1.99. The van der Waals surface area contributed by atoms with Crippen molar-refractivity contribution in [1.82, 2.24) is 15.0 Å². The topological polar surface area (TPSA) is 79.6 Å². The molecule has 0 bridgehead atoms. The summed E-state index contributed by atoms with van der Waals surface area (Å²) in [6, 6.07) is 9.71. The fraction of sp³-hybridized carbons (Fsp3) is 0.143. The van der Waals surface area contributed by atoms with Crippen LogP contribution in [0.4, 0.5) is 11.5 Å². The number of benzene rings is 1. The molecule has 0 spiro atoms. The molecule has 0 aliphatic heterocycles. The van der Waals surface area contributed by atoms with Crippen LogP contribution in [0.25, 0.3) is 10.9 Å². The van der Waals surface area contributed by atoms with Crippen molar-refractivity contribution in [1.29, 1.82) is 0 Å². The molecule has 1 aromatic carbocycles. The van der Waals surface area contributed by atoms with E-state index in [2.05, 4.69) is 20.3 Å². The molecule has 0 radical (unpaired) electrons. The Hall–Kier alpha value is -2.56. The van der Waals surface area contributed by atoms with Crippen LogP contribution in [0.3, 0.4) is 0 Å². The summed E-state index contributed by atoms with van der Waals surface area (Å²) in [5.74, 6) is 1.84. The van der Waals surface area contributed by atoms with Crippen LogP contribution in [-0.2, 0) is 6.42 Å². The molecular formula is C14H15N5. The maximum Gasteiger partial charge on any atom is 0.126 e. The summed E-state index contributed by atoms with van der Waals surface area (Å²) in [7, 11) is 0. The molecular weight excluding hydrogens is 238 g/mol. The Labute approximate surface area is 110 Å². The standard InChI is InChI=1S/C14H15N5/c15-11-2-3-12-10(9-11)1-4-14(19-12)16-6-5-13-17-7-8-18-13/h1-4,7-9H,5-6,15H2,(H,16,19)(H,17,18). The minimum atomic E-state index is 0.757. The van der Waals surface area contributed by atoms with Gasteiger partial charge >= 0.3 is 0 Å². The zero-order valence-electron chi connectivity index (χ0n) is 10.4. The van der Waals surface area contributed by atoms with Crippen molar-refractivity contribution in [3.8, 4) is 0 Å². The van der Waals surface area contributed by atoms with Gasteiger partial charge < -0.3 is 16.0 Å². The molecule has 4 N–H and O–H groups in total. The third kappa shape index (κ3) is 2.65. The maximum atomic E-state index is 5.74. The van der Waals surface area contributed by atoms with E-state index in [4.69, 9.17) is 5.73 Å². The van der Waals surface area contributed by atoms with E-state index < -0.39 is 0 Å². The first-order chi connectivity index (χ1) is 9.31. The Morgan fingerprint density at radius 2 is 2.16 bits per heavy atom. The Balaban J connectivity index is 1.69. The van der Waals surface area contributed by atoms with Gasteiger partial charge in [-0.1, -0.05) is 0 Å². The smallest absolute Gasteiger partial charge is 0.126 e. The lowest BCUT2D eigenvalue weighted by atomic mass is 10.2. The minimum Gasteiger partial charge on any atom is -0.399 e. The molecule has 5 nitrogen and oxygen atoms in total. The third-order valence-corrected chi connectivity index (χ3v) is 2.94. The van der Waals surface area contributed by atoms with Gasteiger partial charge in [0.1, 0.15) is 11.6 Å². The number of nitrogens with two attached hydrogens (primary N) is 1. The fourth-order valence-electron chi connectivity index (χ4n) is 1.99. The molecule has 3 rings (SSSR count). The van der Waals surface area contributed by atoms with Crippen molar-refractivity contribution in [2.75, 3.05) is 17.6 Å². The predicted molar refractivity (Wildman–Crippen MR) is 76.9 cm³/mol. The number of aromatic amines is 1. The summed E-state index contributed by atoms with van der Waals surface area (Å²) in [5, 5.41) is 4.34. The van der Waals surface area contributed by atoms with Gasteiger partial charge in [-0.3, -0.25) is 0 Å². The van der Waals surface area contributed by atoms with Crippen molar-refractivity contribution in [2.45, 2.75) is 6.42 Å². The zero-order chi connectivity index (χ0) is 13.1. The van der Waals surface area contributed by atoms with Crippen molar-refractivity contribution in [3.63, 3.8) is 0 Å². The first kappa shape index (κ1) is 11.5. The van der Waals surface area contributed by atoms with Gasteiger partial charge in [0.05, 0.1) is 5.52 Å². The number of nitrogen functional groups attached to an aromatic ring is 1. The van der Waals surface area contributed by atoms with Gasteiger partial charge in [0, 0.05) is 36.4 Å². The average molecular weight is 253 g/mol. The van der Waals surface area contributed by atoms with E-state index >= 15 is 0 Å². The largest absolute Gasteiger partial charge is 0.399 e. The van der Waals surface area contributed by atoms with Crippen LogP contribution in [0.2, 0.25) is 0 Å². The van der Waals surface area contributed by atoms with Gasteiger partial charge in [0.2, 0.25) is 0 Å². The number of imidazole rings is 1. The van der Waals surface area contributed by atoms with Gasteiger partial charge in [-0.05, 0) is 30.3 Å². The van der Waals surface area contributed by atoms with E-state index in [1.54, 1.807) is 6.20 Å². The molecule has 0 unspecified atom stereocenters. The molecule has 0 aliphatic carbocycles. The molecule has 19 heavy (non-hydrogen) atoms. The summed E-state index contributed by atoms with van der Waals surface area (Å²) in [5.41, 5.74) is 7.44. The van der Waals surface area contributed by atoms with Crippen molar-refractivity contribution >= 4 is 22.4 Å². The number of rotatable bonds is 4. The Morgan fingerprint density at radius 3 is 3.00 bits per heavy atom. The lowest BCUT2D eigenvalue weighted by Gasteiger charge is -2.06. The SMILES string of the molecule is Nc1ccc2nc(NCCc3ncc[nH]3)ccc2c1. The first-order valence-corrected chi connectivity index (χ1v) is 6.20. The highest BCUT2D eigenvalue weighted by Gasteiger charge is 1.99. The monoisotopic (exact) mass is 253 g/mol. The summed E-state index contributed by atoms with van der Waals surface area (Å²) in [4.78, 5) is 11.8. The van der Waals surface area contributed by atoms with E-state index in [-0.39, 0.29) is 0 Å². The van der Waals surface area contributed by atoms with Gasteiger partial charge in [0.25, 0.3) is 0 Å². The average Bonchev–Trinajstić information content (AvgIpc) is 2.92. The van der Waals surface area contributed by atoms with Crippen LogP contribution in [0, 0.1) is 0 Å². The summed E-state index contributed by atoms with van der Waals surface area (Å²) < 4.78 is 0. The number of nitrogens with zero attached hydrogens (tertiary/aromatic N) is 2. The summed E-state index contributed by atoms with van der Waals surface area (Å²) >= 11 is 0. The summed E-state index contributed by atoms with van der Waals surface area (Å²) in [6.07, 6.45) is 4.43. The number of hydrogen-bond acceptors (Lipinski definition) is 4. The number of pyridine rings is 1. The molecule has 96 valence electrons. The molecule has 2 heterocycles. The highest BCUT2D eigenvalue weighted by Crippen LogP contribution is 2.17. The van der Waals surface area contributed by atoms with E-state index in [1.807, 2.05) is 36.5 Å². The van der Waals surface area contributed by atoms with Crippen molar-refractivity contribution in [2.24, 2.45) is 0 Å². The summed E-state index contributed by atoms with van der Waals surface area (Å²) in [6.45, 7) is 0.793. The van der Waals surface area contributed by atoms with E-state index in [1.165, 1.54) is 0 Å². The number of nitrogens with one attached hydrogen (secondary N) is 2. The Bertz CT molecular complexity index is 675. The molecule has 5 heteroatoms. The Kier molecular flexibility index (Phi) is 3.02. The molecule has 0 fully saturated rings. The Morgan fingerprint density at radius 1 is 1.21 bits per heavy atom.